The van der Waals surface area contributed by atoms with Gasteiger partial charge in [0.15, 0.2) is 0 Å². The van der Waals surface area contributed by atoms with E-state index in [1.807, 2.05) is 5.38 Å². The average molecular weight is 478 g/mol. The molecule has 0 aliphatic heterocycles. The van der Waals surface area contributed by atoms with Crippen molar-refractivity contribution in [3.05, 3.63) is 75.1 Å². The number of aldehydes is 1. The maximum Gasteiger partial charge on any atom is 0.134 e. The number of nitrogens with zero attached hydrogens (tertiary/aromatic N) is 3. The van der Waals surface area contributed by atoms with Crippen molar-refractivity contribution in [2.45, 2.75) is 50.9 Å². The van der Waals surface area contributed by atoms with Gasteiger partial charge in [-0.25, -0.2) is 19.3 Å². The van der Waals surface area contributed by atoms with E-state index in [2.05, 4.69) is 27.1 Å². The van der Waals surface area contributed by atoms with Gasteiger partial charge in [0.05, 0.1) is 21.8 Å². The van der Waals surface area contributed by atoms with Gasteiger partial charge in [-0.3, -0.25) is 0 Å². The molecule has 7 heteroatoms. The molecule has 0 saturated carbocycles. The van der Waals surface area contributed by atoms with E-state index < -0.39 is 5.92 Å². The minimum Gasteiger partial charge on any atom is -0.302 e. The smallest absolute Gasteiger partial charge is 0.134 e. The molecule has 4 nitrogen and oxygen atoms in total. The van der Waals surface area contributed by atoms with Crippen LogP contribution in [0, 0.1) is 5.82 Å². The van der Waals surface area contributed by atoms with Crippen molar-refractivity contribution in [2.75, 3.05) is 0 Å². The lowest BCUT2D eigenvalue weighted by Crippen LogP contribution is -2.03. The van der Waals surface area contributed by atoms with E-state index in [4.69, 9.17) is 0 Å². The van der Waals surface area contributed by atoms with Gasteiger partial charge in [-0.2, -0.15) is 0 Å². The third-order valence-electron chi connectivity index (χ3n) is 6.11. The second-order valence-corrected chi connectivity index (χ2v) is 10.4. The highest BCUT2D eigenvalue weighted by atomic mass is 32.1. The molecular weight excluding hydrogens is 453 g/mol. The van der Waals surface area contributed by atoms with Crippen molar-refractivity contribution >= 4 is 39.2 Å². The molecule has 1 atom stereocenters. The molecule has 0 saturated heterocycles. The van der Waals surface area contributed by atoms with Crippen LogP contribution < -0.4 is 0 Å². The molecule has 3 aromatic heterocycles. The summed E-state index contributed by atoms with van der Waals surface area (Å²) in [5.41, 5.74) is 4.00. The van der Waals surface area contributed by atoms with E-state index in [0.717, 1.165) is 35.8 Å². The Balaban J connectivity index is 1.51. The van der Waals surface area contributed by atoms with Gasteiger partial charge in [-0.05, 0) is 49.4 Å². The van der Waals surface area contributed by atoms with Crippen LogP contribution in [-0.4, -0.2) is 21.2 Å². The van der Waals surface area contributed by atoms with Crippen molar-refractivity contribution in [1.29, 1.82) is 0 Å². The van der Waals surface area contributed by atoms with E-state index in [1.54, 1.807) is 29.7 Å². The van der Waals surface area contributed by atoms with E-state index >= 15 is 0 Å². The molecule has 0 spiro atoms. The van der Waals surface area contributed by atoms with E-state index in [-0.39, 0.29) is 5.82 Å². The maximum atomic E-state index is 15.0. The molecule has 1 aliphatic rings. The number of halogens is 1. The number of benzene rings is 1. The van der Waals surface area contributed by atoms with Gasteiger partial charge in [0, 0.05) is 28.4 Å². The summed E-state index contributed by atoms with van der Waals surface area (Å²) < 4.78 is 15.9. The summed E-state index contributed by atoms with van der Waals surface area (Å²) in [7, 11) is 0. The number of carbonyl (C=O) groups is 1. The Bertz CT molecular complexity index is 1300. The minimum absolute atomic E-state index is 0.361. The monoisotopic (exact) mass is 477 g/mol. The molecule has 1 aromatic carbocycles. The lowest BCUT2D eigenvalue weighted by atomic mass is 9.97. The van der Waals surface area contributed by atoms with Gasteiger partial charge >= 0.3 is 0 Å². The van der Waals surface area contributed by atoms with Gasteiger partial charge in [-0.1, -0.05) is 30.6 Å². The average Bonchev–Trinajstić information content (AvgIpc) is 3.47. The highest BCUT2D eigenvalue weighted by Gasteiger charge is 2.20. The molecule has 0 N–H and O–H groups in total. The standard InChI is InChI=1S/C26H24FN3OS2/c27-22-9-8-18(21(15-31)26-28-10-11-32-26)13-20(22)24-25-23(29-16-30-24)14-19(33-25)12-17-6-4-2-1-3-5-7-17/h6,8-11,13-16,21H,1-5,7,12H2/b17-6+. The van der Waals surface area contributed by atoms with Crippen LogP contribution in [0.5, 0.6) is 0 Å². The van der Waals surface area contributed by atoms with Crippen LogP contribution in [0.3, 0.4) is 0 Å². The van der Waals surface area contributed by atoms with Crippen LogP contribution in [0.4, 0.5) is 4.39 Å². The highest BCUT2D eigenvalue weighted by molar-refractivity contribution is 7.19. The van der Waals surface area contributed by atoms with Gasteiger partial charge < -0.3 is 4.79 Å². The second kappa shape index (κ2) is 10.0. The number of carbonyl (C=O) groups excluding carboxylic acids is 1. The van der Waals surface area contributed by atoms with Crippen molar-refractivity contribution in [3.63, 3.8) is 0 Å². The van der Waals surface area contributed by atoms with Crippen molar-refractivity contribution in [1.82, 2.24) is 15.0 Å². The maximum absolute atomic E-state index is 15.0. The van der Waals surface area contributed by atoms with Crippen LogP contribution in [0.1, 0.15) is 59.9 Å². The third-order valence-corrected chi connectivity index (χ3v) is 8.10. The number of aromatic nitrogens is 3. The lowest BCUT2D eigenvalue weighted by molar-refractivity contribution is -0.108. The molecule has 0 bridgehead atoms. The minimum atomic E-state index is -0.521. The topological polar surface area (TPSA) is 55.7 Å². The molecule has 1 unspecified atom stereocenters. The number of hydrogen-bond acceptors (Lipinski definition) is 6. The van der Waals surface area contributed by atoms with E-state index in [1.165, 1.54) is 59.9 Å². The first kappa shape index (κ1) is 22.0. The number of rotatable bonds is 6. The van der Waals surface area contributed by atoms with Crippen molar-refractivity contribution < 1.29 is 9.18 Å². The third kappa shape index (κ3) is 4.80. The zero-order valence-electron chi connectivity index (χ0n) is 18.2. The fourth-order valence-electron chi connectivity index (χ4n) is 4.41. The van der Waals surface area contributed by atoms with Crippen LogP contribution >= 0.6 is 22.7 Å². The number of allylic oxidation sites excluding steroid dienone is 2. The zero-order valence-corrected chi connectivity index (χ0v) is 19.8. The van der Waals surface area contributed by atoms with Crippen molar-refractivity contribution in [2.24, 2.45) is 0 Å². The number of thiophene rings is 1. The summed E-state index contributed by atoms with van der Waals surface area (Å²) >= 11 is 3.06. The summed E-state index contributed by atoms with van der Waals surface area (Å²) in [6.07, 6.45) is 14.8. The summed E-state index contributed by atoms with van der Waals surface area (Å²) in [5.74, 6) is -0.882. The van der Waals surface area contributed by atoms with Gasteiger partial charge in [0.25, 0.3) is 0 Å². The summed E-state index contributed by atoms with van der Waals surface area (Å²) in [5, 5.41) is 2.53. The number of thiazole rings is 1. The Labute approximate surface area is 200 Å². The largest absolute Gasteiger partial charge is 0.302 e. The molecule has 5 rings (SSSR count). The van der Waals surface area contributed by atoms with Gasteiger partial charge in [0.2, 0.25) is 0 Å². The quantitative estimate of drug-likeness (QED) is 0.219. The van der Waals surface area contributed by atoms with Crippen LogP contribution in [0.25, 0.3) is 21.5 Å². The second-order valence-electron chi connectivity index (χ2n) is 8.36. The first-order valence-electron chi connectivity index (χ1n) is 11.3. The summed E-state index contributed by atoms with van der Waals surface area (Å²) in [6.45, 7) is 0. The molecule has 168 valence electrons. The fraction of sp³-hybridized carbons (Fsp3) is 0.308. The summed E-state index contributed by atoms with van der Waals surface area (Å²) in [4.78, 5) is 26.2. The first-order valence-corrected chi connectivity index (χ1v) is 13.0. The van der Waals surface area contributed by atoms with Gasteiger partial charge in [0.1, 0.15) is 23.4 Å². The SMILES string of the molecule is O=CC(c1ccc(F)c(-c2ncnc3cc(C/C4=C/CCCCCC4)sc23)c1)c1nccs1. The molecule has 3 heterocycles. The fourth-order valence-corrected chi connectivity index (χ4v) is 6.30. The predicted molar refractivity (Wildman–Crippen MR) is 132 cm³/mol. The molecule has 33 heavy (non-hydrogen) atoms. The molecule has 0 radical (unpaired) electrons. The number of fused-ring (bicyclic) bond motifs is 1. The van der Waals surface area contributed by atoms with E-state index in [0.29, 0.717) is 21.8 Å². The molecule has 1 aliphatic carbocycles. The predicted octanol–water partition coefficient (Wildman–Crippen LogP) is 7.11. The van der Waals surface area contributed by atoms with Gasteiger partial charge in [-0.15, -0.1) is 22.7 Å². The lowest BCUT2D eigenvalue weighted by Gasteiger charge is -2.11. The zero-order chi connectivity index (χ0) is 22.6. The Hall–Kier alpha value is -2.77. The first-order chi connectivity index (χ1) is 16.2. The Morgan fingerprint density at radius 1 is 1.09 bits per heavy atom. The van der Waals surface area contributed by atoms with Crippen molar-refractivity contribution in [3.8, 4) is 11.3 Å². The molecule has 0 fully saturated rings. The van der Waals surface area contributed by atoms with E-state index in [9.17, 15) is 9.18 Å². The van der Waals surface area contributed by atoms with Crippen LogP contribution in [0.15, 0.2) is 53.8 Å². The van der Waals surface area contributed by atoms with Crippen LogP contribution in [-0.2, 0) is 11.2 Å². The Kier molecular flexibility index (Phi) is 6.69. The number of hydrogen-bond donors (Lipinski definition) is 0. The normalized spacial score (nSPS) is 17.2. The Morgan fingerprint density at radius 2 is 2.00 bits per heavy atom. The highest BCUT2D eigenvalue weighted by Crippen LogP contribution is 2.37. The van der Waals surface area contributed by atoms with Crippen LogP contribution in [0.2, 0.25) is 0 Å². The summed E-state index contributed by atoms with van der Waals surface area (Å²) in [6, 6.07) is 6.90. The Morgan fingerprint density at radius 3 is 2.85 bits per heavy atom. The molecular formula is C26H24FN3OS2. The molecule has 4 aromatic rings. The molecule has 0 amide bonds.